The number of hydrogen-bond donors (Lipinski definition) is 1. The van der Waals surface area contributed by atoms with E-state index in [4.69, 9.17) is 4.74 Å². The van der Waals surface area contributed by atoms with Crippen LogP contribution < -0.4 is 4.74 Å². The Labute approximate surface area is 146 Å². The van der Waals surface area contributed by atoms with Crippen molar-refractivity contribution >= 4 is 5.57 Å². The van der Waals surface area contributed by atoms with Crippen LogP contribution in [0, 0.1) is 11.3 Å². The number of fused-ring (bicyclic) bond motifs is 3. The van der Waals surface area contributed by atoms with E-state index in [9.17, 15) is 5.11 Å². The third-order valence-corrected chi connectivity index (χ3v) is 6.32. The van der Waals surface area contributed by atoms with Crippen LogP contribution in [0.4, 0.5) is 0 Å². The Kier molecular flexibility index (Phi) is 4.44. The Morgan fingerprint density at radius 2 is 1.96 bits per heavy atom. The molecule has 132 valence electrons. The minimum absolute atomic E-state index is 0.0479. The van der Waals surface area contributed by atoms with Crippen LogP contribution in [-0.4, -0.2) is 10.7 Å². The summed E-state index contributed by atoms with van der Waals surface area (Å²) >= 11 is 0. The molecule has 1 aromatic rings. The zero-order valence-electron chi connectivity index (χ0n) is 15.9. The molecule has 2 aliphatic rings. The van der Waals surface area contributed by atoms with Crippen molar-refractivity contribution in [2.45, 2.75) is 78.7 Å². The summed E-state index contributed by atoms with van der Waals surface area (Å²) in [5, 5.41) is 10.8. The van der Waals surface area contributed by atoms with Gasteiger partial charge in [-0.3, -0.25) is 0 Å². The number of aromatic hydroxyl groups is 1. The summed E-state index contributed by atoms with van der Waals surface area (Å²) in [6.07, 6.45) is 9.25. The van der Waals surface area contributed by atoms with Crippen LogP contribution in [0.5, 0.6) is 11.5 Å². The largest absolute Gasteiger partial charge is 0.507 e. The van der Waals surface area contributed by atoms with Crippen molar-refractivity contribution in [2.75, 3.05) is 0 Å². The molecule has 2 nitrogen and oxygen atoms in total. The molecule has 0 fully saturated rings. The van der Waals surface area contributed by atoms with Gasteiger partial charge in [-0.15, -0.1) is 0 Å². The van der Waals surface area contributed by atoms with Crippen molar-refractivity contribution < 1.29 is 9.84 Å². The maximum atomic E-state index is 10.8. The van der Waals surface area contributed by atoms with Gasteiger partial charge in [0.05, 0.1) is 5.56 Å². The highest BCUT2D eigenvalue weighted by Crippen LogP contribution is 2.59. The lowest BCUT2D eigenvalue weighted by molar-refractivity contribution is -0.00612. The van der Waals surface area contributed by atoms with Crippen molar-refractivity contribution in [3.63, 3.8) is 0 Å². The van der Waals surface area contributed by atoms with Gasteiger partial charge in [0.1, 0.15) is 17.1 Å². The van der Waals surface area contributed by atoms with E-state index in [1.807, 2.05) is 6.07 Å². The van der Waals surface area contributed by atoms with Crippen molar-refractivity contribution in [3.8, 4) is 11.5 Å². The lowest BCUT2D eigenvalue weighted by atomic mass is 9.60. The number of benzene rings is 1. The molecule has 1 N–H and O–H groups in total. The first-order valence-electron chi connectivity index (χ1n) is 9.56. The normalized spacial score (nSPS) is 27.7. The van der Waals surface area contributed by atoms with E-state index < -0.39 is 0 Å². The van der Waals surface area contributed by atoms with E-state index in [1.54, 1.807) is 0 Å². The molecule has 0 saturated heterocycles. The van der Waals surface area contributed by atoms with Gasteiger partial charge in [-0.1, -0.05) is 39.7 Å². The third-order valence-electron chi connectivity index (χ3n) is 6.32. The highest BCUT2D eigenvalue weighted by molar-refractivity contribution is 5.82. The van der Waals surface area contributed by atoms with Crippen LogP contribution in [0.3, 0.4) is 0 Å². The SMILES string of the molecule is CCCCCc1cc(O)c2c(c1)OC(C)(C)[C@]1(C)CC[C@H](C)C=C21. The van der Waals surface area contributed by atoms with Crippen molar-refractivity contribution in [2.24, 2.45) is 11.3 Å². The van der Waals surface area contributed by atoms with Crippen LogP contribution in [0.2, 0.25) is 0 Å². The summed E-state index contributed by atoms with van der Waals surface area (Å²) in [4.78, 5) is 0. The lowest BCUT2D eigenvalue weighted by Gasteiger charge is -2.52. The summed E-state index contributed by atoms with van der Waals surface area (Å²) in [7, 11) is 0. The Balaban J connectivity index is 2.07. The highest BCUT2D eigenvalue weighted by atomic mass is 16.5. The molecule has 0 bridgehead atoms. The smallest absolute Gasteiger partial charge is 0.131 e. The van der Waals surface area contributed by atoms with E-state index in [2.05, 4.69) is 46.8 Å². The van der Waals surface area contributed by atoms with E-state index in [0.29, 0.717) is 11.7 Å². The number of aryl methyl sites for hydroxylation is 1. The first-order chi connectivity index (χ1) is 11.3. The van der Waals surface area contributed by atoms with Gasteiger partial charge >= 0.3 is 0 Å². The quantitative estimate of drug-likeness (QED) is 0.675. The first-order valence-corrected chi connectivity index (χ1v) is 9.56. The molecule has 1 aliphatic heterocycles. The van der Waals surface area contributed by atoms with Crippen molar-refractivity contribution in [1.82, 2.24) is 0 Å². The maximum absolute atomic E-state index is 10.8. The molecular weight excluding hydrogens is 296 g/mol. The topological polar surface area (TPSA) is 29.5 Å². The minimum atomic E-state index is -0.263. The standard InChI is InChI=1S/C22H32O2/c1-6-7-8-9-16-13-18(23)20-17-12-15(2)10-11-22(17,5)21(3,4)24-19(20)14-16/h12-15,23H,6-11H2,1-5H3/t15-,22+/m0/s1. The molecule has 2 atom stereocenters. The zero-order valence-corrected chi connectivity index (χ0v) is 15.9. The van der Waals surface area contributed by atoms with E-state index in [0.717, 1.165) is 30.6 Å². The number of phenolic OH excluding ortho intramolecular Hbond substituents is 1. The van der Waals surface area contributed by atoms with Gasteiger partial charge in [-0.05, 0) is 68.7 Å². The van der Waals surface area contributed by atoms with Crippen LogP contribution in [0.15, 0.2) is 18.2 Å². The van der Waals surface area contributed by atoms with Crippen molar-refractivity contribution in [1.29, 1.82) is 0 Å². The number of ether oxygens (including phenoxy) is 1. The summed E-state index contributed by atoms with van der Waals surface area (Å²) in [6.45, 7) is 11.2. The van der Waals surface area contributed by atoms with Gasteiger partial charge in [-0.25, -0.2) is 0 Å². The van der Waals surface area contributed by atoms with E-state index in [-0.39, 0.29) is 11.0 Å². The molecule has 24 heavy (non-hydrogen) atoms. The molecule has 3 rings (SSSR count). The van der Waals surface area contributed by atoms with E-state index >= 15 is 0 Å². The Bertz CT molecular complexity index is 656. The fourth-order valence-electron chi connectivity index (χ4n) is 4.31. The second-order valence-electron chi connectivity index (χ2n) is 8.49. The monoisotopic (exact) mass is 328 g/mol. The fourth-order valence-corrected chi connectivity index (χ4v) is 4.31. The minimum Gasteiger partial charge on any atom is -0.507 e. The second-order valence-corrected chi connectivity index (χ2v) is 8.49. The molecule has 1 aromatic carbocycles. The van der Waals surface area contributed by atoms with E-state index in [1.165, 1.54) is 30.4 Å². The third kappa shape index (κ3) is 2.74. The maximum Gasteiger partial charge on any atom is 0.131 e. The van der Waals surface area contributed by atoms with Crippen LogP contribution in [0.25, 0.3) is 5.57 Å². The number of unbranched alkanes of at least 4 members (excludes halogenated alkanes) is 2. The number of rotatable bonds is 4. The van der Waals surface area contributed by atoms with Gasteiger partial charge in [0.15, 0.2) is 0 Å². The number of hydrogen-bond acceptors (Lipinski definition) is 2. The van der Waals surface area contributed by atoms with Gasteiger partial charge in [-0.2, -0.15) is 0 Å². The predicted molar refractivity (Wildman–Crippen MR) is 101 cm³/mol. The van der Waals surface area contributed by atoms with Crippen LogP contribution in [0.1, 0.15) is 77.8 Å². The average molecular weight is 328 g/mol. The van der Waals surface area contributed by atoms with Crippen LogP contribution in [-0.2, 0) is 6.42 Å². The molecule has 1 aliphatic carbocycles. The first kappa shape index (κ1) is 17.4. The molecule has 0 aromatic heterocycles. The Morgan fingerprint density at radius 1 is 1.21 bits per heavy atom. The number of phenols is 1. The lowest BCUT2D eigenvalue weighted by Crippen LogP contribution is -2.51. The fraction of sp³-hybridized carbons (Fsp3) is 0.636. The summed E-state index contributed by atoms with van der Waals surface area (Å²) < 4.78 is 6.45. The summed E-state index contributed by atoms with van der Waals surface area (Å²) in [5.74, 6) is 1.81. The van der Waals surface area contributed by atoms with Crippen molar-refractivity contribution in [3.05, 3.63) is 29.3 Å². The van der Waals surface area contributed by atoms with Gasteiger partial charge in [0.2, 0.25) is 0 Å². The molecule has 0 spiro atoms. The van der Waals surface area contributed by atoms with Crippen LogP contribution >= 0.6 is 0 Å². The summed E-state index contributed by atoms with van der Waals surface area (Å²) in [5.41, 5.74) is 3.09. The molecule has 0 amide bonds. The average Bonchev–Trinajstić information content (AvgIpc) is 2.49. The second kappa shape index (κ2) is 6.13. The molecule has 0 radical (unpaired) electrons. The molecule has 2 heteroatoms. The summed E-state index contributed by atoms with van der Waals surface area (Å²) in [6, 6.07) is 4.11. The van der Waals surface area contributed by atoms with Gasteiger partial charge in [0, 0.05) is 5.41 Å². The molecule has 0 saturated carbocycles. The number of allylic oxidation sites excluding steroid dienone is 1. The Hall–Kier alpha value is -1.44. The predicted octanol–water partition coefficient (Wildman–Crippen LogP) is 6.12. The molecule has 0 unspecified atom stereocenters. The zero-order chi connectivity index (χ0) is 17.5. The molecule has 1 heterocycles. The van der Waals surface area contributed by atoms with Gasteiger partial charge in [0.25, 0.3) is 0 Å². The Morgan fingerprint density at radius 3 is 2.67 bits per heavy atom. The van der Waals surface area contributed by atoms with Gasteiger partial charge < -0.3 is 9.84 Å². The molecular formula is C22H32O2. The highest BCUT2D eigenvalue weighted by Gasteiger charge is 2.52.